The highest BCUT2D eigenvalue weighted by atomic mass is 16.1. The lowest BCUT2D eigenvalue weighted by Gasteiger charge is -2.02. The molecule has 0 fully saturated rings. The number of aromatic nitrogens is 3. The first-order valence-corrected chi connectivity index (χ1v) is 5.42. The molecule has 0 unspecified atom stereocenters. The third kappa shape index (κ3) is 3.14. The highest BCUT2D eigenvalue weighted by Gasteiger charge is 2.01. The van der Waals surface area contributed by atoms with Gasteiger partial charge in [-0.3, -0.25) is 4.98 Å². The second kappa shape index (κ2) is 4.78. The van der Waals surface area contributed by atoms with E-state index in [0.29, 0.717) is 12.2 Å². The average Bonchev–Trinajstić information content (AvgIpc) is 2.25. The van der Waals surface area contributed by atoms with Crippen molar-refractivity contribution in [1.29, 1.82) is 0 Å². The Balaban J connectivity index is 2.09. The van der Waals surface area contributed by atoms with E-state index >= 15 is 0 Å². The Hall–Kier alpha value is -2.17. The fourth-order valence-corrected chi connectivity index (χ4v) is 1.70. The molecule has 0 aliphatic carbocycles. The maximum atomic E-state index is 11.1. The number of hydrogen-bond donors (Lipinski definition) is 2. The lowest BCUT2D eigenvalue weighted by Crippen LogP contribution is -2.17. The smallest absolute Gasteiger partial charge is 0.349 e. The number of aryl methyl sites for hydroxylation is 3. The van der Waals surface area contributed by atoms with E-state index in [2.05, 4.69) is 27.1 Å². The van der Waals surface area contributed by atoms with Crippen molar-refractivity contribution in [1.82, 2.24) is 15.0 Å². The zero-order valence-electron chi connectivity index (χ0n) is 9.60. The summed E-state index contributed by atoms with van der Waals surface area (Å²) in [4.78, 5) is 21.1. The number of nitrogens with one attached hydrogen (secondary N) is 1. The Morgan fingerprint density at radius 3 is 2.82 bits per heavy atom. The van der Waals surface area contributed by atoms with Crippen LogP contribution in [-0.4, -0.2) is 15.0 Å². The predicted molar refractivity (Wildman–Crippen MR) is 65.7 cm³/mol. The van der Waals surface area contributed by atoms with Crippen LogP contribution in [0.3, 0.4) is 0 Å². The van der Waals surface area contributed by atoms with Crippen molar-refractivity contribution >= 4 is 5.95 Å². The third-order valence-electron chi connectivity index (χ3n) is 2.45. The van der Waals surface area contributed by atoms with Crippen LogP contribution in [0.2, 0.25) is 0 Å². The Bertz CT molecular complexity index is 577. The van der Waals surface area contributed by atoms with E-state index in [1.165, 1.54) is 11.1 Å². The van der Waals surface area contributed by atoms with Crippen LogP contribution >= 0.6 is 0 Å². The van der Waals surface area contributed by atoms with E-state index in [1.807, 2.05) is 19.1 Å². The van der Waals surface area contributed by atoms with Gasteiger partial charge in [-0.2, -0.15) is 9.97 Å². The number of hydrogen-bond acceptors (Lipinski definition) is 4. The van der Waals surface area contributed by atoms with Crippen LogP contribution in [0, 0.1) is 6.92 Å². The Labute approximate surface area is 98.7 Å². The predicted octanol–water partition coefficient (Wildman–Crippen LogP) is 0.841. The molecule has 5 heteroatoms. The van der Waals surface area contributed by atoms with Gasteiger partial charge in [0.05, 0.1) is 0 Å². The molecule has 1 aromatic carbocycles. The average molecular weight is 230 g/mol. The monoisotopic (exact) mass is 230 g/mol. The van der Waals surface area contributed by atoms with Crippen LogP contribution in [0.5, 0.6) is 0 Å². The molecule has 88 valence electrons. The maximum absolute atomic E-state index is 11.1. The third-order valence-corrected chi connectivity index (χ3v) is 2.45. The molecule has 0 saturated carbocycles. The van der Waals surface area contributed by atoms with Crippen LogP contribution < -0.4 is 11.4 Å². The summed E-state index contributed by atoms with van der Waals surface area (Å²) in [6.45, 7) is 2.05. The molecular weight excluding hydrogens is 216 g/mol. The first-order chi connectivity index (χ1) is 8.13. The number of rotatable bonds is 3. The summed E-state index contributed by atoms with van der Waals surface area (Å²) in [7, 11) is 0. The van der Waals surface area contributed by atoms with Crippen molar-refractivity contribution in [2.45, 2.75) is 19.8 Å². The molecule has 0 bridgehead atoms. The number of anilines is 1. The fraction of sp³-hybridized carbons (Fsp3) is 0.250. The van der Waals surface area contributed by atoms with Crippen molar-refractivity contribution in [2.75, 3.05) is 5.73 Å². The minimum absolute atomic E-state index is 0.0213. The van der Waals surface area contributed by atoms with Gasteiger partial charge in [0.15, 0.2) is 0 Å². The van der Waals surface area contributed by atoms with E-state index in [0.717, 1.165) is 6.42 Å². The van der Waals surface area contributed by atoms with Crippen molar-refractivity contribution < 1.29 is 0 Å². The number of aromatic amines is 1. The fourth-order valence-electron chi connectivity index (χ4n) is 1.70. The molecule has 0 atom stereocenters. The van der Waals surface area contributed by atoms with Gasteiger partial charge in [-0.15, -0.1) is 0 Å². The molecule has 3 N–H and O–H groups in total. The number of nitrogen functional groups attached to an aromatic ring is 1. The molecule has 2 rings (SSSR count). The molecule has 17 heavy (non-hydrogen) atoms. The topological polar surface area (TPSA) is 84.7 Å². The molecule has 0 aliphatic rings. The van der Waals surface area contributed by atoms with Crippen LogP contribution in [0.15, 0.2) is 29.1 Å². The highest BCUT2D eigenvalue weighted by molar-refractivity contribution is 5.23. The van der Waals surface area contributed by atoms with Gasteiger partial charge in [-0.25, -0.2) is 4.79 Å². The lowest BCUT2D eigenvalue weighted by atomic mass is 10.1. The summed E-state index contributed by atoms with van der Waals surface area (Å²) in [5.74, 6) is 0.594. The van der Waals surface area contributed by atoms with Crippen LogP contribution in [0.4, 0.5) is 5.95 Å². The quantitative estimate of drug-likeness (QED) is 0.818. The van der Waals surface area contributed by atoms with Crippen LogP contribution in [-0.2, 0) is 12.8 Å². The summed E-state index contributed by atoms with van der Waals surface area (Å²) in [5, 5.41) is 0. The minimum atomic E-state index is -0.447. The molecule has 0 saturated heterocycles. The van der Waals surface area contributed by atoms with Gasteiger partial charge in [-0.05, 0) is 18.9 Å². The lowest BCUT2D eigenvalue weighted by molar-refractivity contribution is 0.822. The molecule has 1 heterocycles. The SMILES string of the molecule is Cc1cccc(CCc2nc(N)nc(=O)[nH]2)c1. The first-order valence-electron chi connectivity index (χ1n) is 5.42. The summed E-state index contributed by atoms with van der Waals surface area (Å²) in [6, 6.07) is 8.23. The second-order valence-corrected chi connectivity index (χ2v) is 3.95. The number of nitrogens with two attached hydrogens (primary N) is 1. The number of benzene rings is 1. The van der Waals surface area contributed by atoms with Crippen LogP contribution in [0.1, 0.15) is 17.0 Å². The standard InChI is InChI=1S/C12H14N4O/c1-8-3-2-4-9(7-8)5-6-10-14-11(13)16-12(17)15-10/h2-4,7H,5-6H2,1H3,(H3,13,14,15,16,17). The molecule has 0 aliphatic heterocycles. The van der Waals surface area contributed by atoms with Crippen molar-refractivity contribution in [2.24, 2.45) is 0 Å². The molecule has 0 spiro atoms. The van der Waals surface area contributed by atoms with E-state index < -0.39 is 5.69 Å². The van der Waals surface area contributed by atoms with E-state index in [1.54, 1.807) is 0 Å². The van der Waals surface area contributed by atoms with Crippen molar-refractivity contribution in [3.05, 3.63) is 51.7 Å². The summed E-state index contributed by atoms with van der Waals surface area (Å²) >= 11 is 0. The molecule has 5 nitrogen and oxygen atoms in total. The van der Waals surface area contributed by atoms with E-state index in [-0.39, 0.29) is 5.95 Å². The first kappa shape index (κ1) is 11.3. The molecular formula is C12H14N4O. The zero-order valence-corrected chi connectivity index (χ0v) is 9.60. The van der Waals surface area contributed by atoms with Gasteiger partial charge < -0.3 is 5.73 Å². The van der Waals surface area contributed by atoms with Gasteiger partial charge >= 0.3 is 5.69 Å². The van der Waals surface area contributed by atoms with E-state index in [9.17, 15) is 4.79 Å². The summed E-state index contributed by atoms with van der Waals surface area (Å²) in [6.07, 6.45) is 1.46. The number of nitrogens with zero attached hydrogens (tertiary/aromatic N) is 2. The minimum Gasteiger partial charge on any atom is -0.368 e. The highest BCUT2D eigenvalue weighted by Crippen LogP contribution is 2.06. The van der Waals surface area contributed by atoms with Gasteiger partial charge in [-0.1, -0.05) is 29.8 Å². The Morgan fingerprint density at radius 2 is 2.12 bits per heavy atom. The normalized spacial score (nSPS) is 10.4. The molecule has 2 aromatic rings. The molecule has 1 aromatic heterocycles. The Kier molecular flexibility index (Phi) is 3.18. The number of H-pyrrole nitrogens is 1. The van der Waals surface area contributed by atoms with Crippen molar-refractivity contribution in [3.63, 3.8) is 0 Å². The summed E-state index contributed by atoms with van der Waals surface area (Å²) in [5.41, 5.74) is 7.39. The van der Waals surface area contributed by atoms with Crippen molar-refractivity contribution in [3.8, 4) is 0 Å². The van der Waals surface area contributed by atoms with E-state index in [4.69, 9.17) is 5.73 Å². The largest absolute Gasteiger partial charge is 0.368 e. The van der Waals surface area contributed by atoms with Gasteiger partial charge in [0.25, 0.3) is 0 Å². The maximum Gasteiger partial charge on any atom is 0.349 e. The summed E-state index contributed by atoms with van der Waals surface area (Å²) < 4.78 is 0. The zero-order chi connectivity index (χ0) is 12.3. The molecule has 0 amide bonds. The molecule has 0 radical (unpaired) electrons. The Morgan fingerprint density at radius 1 is 1.29 bits per heavy atom. The van der Waals surface area contributed by atoms with Gasteiger partial charge in [0.2, 0.25) is 5.95 Å². The van der Waals surface area contributed by atoms with Gasteiger partial charge in [0.1, 0.15) is 5.82 Å². The van der Waals surface area contributed by atoms with Crippen LogP contribution in [0.25, 0.3) is 0 Å². The second-order valence-electron chi connectivity index (χ2n) is 3.95. The van der Waals surface area contributed by atoms with Gasteiger partial charge in [0, 0.05) is 6.42 Å².